The first-order valence-electron chi connectivity index (χ1n) is 10.6. The number of rotatable bonds is 8. The highest BCUT2D eigenvalue weighted by atomic mass is 35.5. The summed E-state index contributed by atoms with van der Waals surface area (Å²) < 4.78 is 11.7. The number of nitrogens with zero attached hydrogens (tertiary/aromatic N) is 3. The van der Waals surface area contributed by atoms with Crippen molar-refractivity contribution in [2.75, 3.05) is 20.0 Å². The first kappa shape index (κ1) is 25.1. The van der Waals surface area contributed by atoms with Crippen LogP contribution in [0.3, 0.4) is 0 Å². The number of phenolic OH excluding ortho intramolecular Hbond substituents is 1. The van der Waals surface area contributed by atoms with E-state index in [9.17, 15) is 14.7 Å². The molecule has 0 saturated carbocycles. The van der Waals surface area contributed by atoms with Crippen molar-refractivity contribution >= 4 is 46.4 Å². The van der Waals surface area contributed by atoms with E-state index < -0.39 is 5.91 Å². The Kier molecular flexibility index (Phi) is 7.77. The molecular weight excluding hydrogens is 504 g/mol. The van der Waals surface area contributed by atoms with Crippen molar-refractivity contribution in [2.45, 2.75) is 5.16 Å². The van der Waals surface area contributed by atoms with Gasteiger partial charge in [0.1, 0.15) is 0 Å². The molecule has 0 aliphatic heterocycles. The lowest BCUT2D eigenvalue weighted by molar-refractivity contribution is -0.118. The number of methoxy groups -OCH3 is 2. The summed E-state index contributed by atoms with van der Waals surface area (Å²) in [6, 6.07) is 16.9. The number of amides is 1. The lowest BCUT2D eigenvalue weighted by atomic mass is 10.2. The Hall–Kier alpha value is -4.02. The Bertz CT molecular complexity index is 1480. The molecule has 1 heterocycles. The van der Waals surface area contributed by atoms with E-state index >= 15 is 0 Å². The number of aromatic nitrogens is 2. The number of hydrogen-bond acceptors (Lipinski definition) is 8. The second-order valence-corrected chi connectivity index (χ2v) is 8.76. The van der Waals surface area contributed by atoms with E-state index in [-0.39, 0.29) is 28.6 Å². The molecule has 36 heavy (non-hydrogen) atoms. The molecule has 9 nitrogen and oxygen atoms in total. The number of aromatic hydroxyl groups is 1. The minimum absolute atomic E-state index is 0.0437. The average molecular weight is 525 g/mol. The van der Waals surface area contributed by atoms with Crippen LogP contribution in [0.4, 0.5) is 0 Å². The largest absolute Gasteiger partial charge is 0.502 e. The fraction of sp³-hybridized carbons (Fsp3) is 0.120. The van der Waals surface area contributed by atoms with Gasteiger partial charge in [0.25, 0.3) is 11.5 Å². The van der Waals surface area contributed by atoms with Gasteiger partial charge in [-0.05, 0) is 48.5 Å². The second kappa shape index (κ2) is 11.1. The molecule has 0 aliphatic carbocycles. The predicted molar refractivity (Wildman–Crippen MR) is 140 cm³/mol. The number of nitrogens with one attached hydrogen (secondary N) is 1. The Morgan fingerprint density at radius 3 is 2.47 bits per heavy atom. The molecule has 4 rings (SSSR count). The van der Waals surface area contributed by atoms with Gasteiger partial charge in [0.15, 0.2) is 16.7 Å². The molecule has 0 saturated heterocycles. The summed E-state index contributed by atoms with van der Waals surface area (Å²) in [6.07, 6.45) is 1.39. The van der Waals surface area contributed by atoms with Crippen LogP contribution < -0.4 is 20.5 Å². The van der Waals surface area contributed by atoms with Gasteiger partial charge in [0.2, 0.25) is 5.75 Å². The summed E-state index contributed by atoms with van der Waals surface area (Å²) in [4.78, 5) is 30.3. The maximum absolute atomic E-state index is 13.3. The van der Waals surface area contributed by atoms with E-state index in [1.54, 1.807) is 60.7 Å². The summed E-state index contributed by atoms with van der Waals surface area (Å²) in [5.41, 5.74) is 3.85. The molecule has 1 aromatic heterocycles. The maximum atomic E-state index is 13.3. The number of para-hydroxylation sites is 1. The molecule has 0 atom stereocenters. The summed E-state index contributed by atoms with van der Waals surface area (Å²) >= 11 is 7.11. The van der Waals surface area contributed by atoms with Crippen LogP contribution in [0.15, 0.2) is 75.7 Å². The normalized spacial score (nSPS) is 11.1. The number of carbonyl (C=O) groups excluding carboxylic acids is 1. The molecule has 0 spiro atoms. The standard InChI is InChI=1S/C25H21ClN4O5S/c1-34-20-11-15(12-21(35-2)23(20)32)13-27-29-22(31)14-36-25-28-19-6-4-3-5-18(19)24(33)30(25)17-9-7-16(26)8-10-17/h3-13,32H,14H2,1-2H3,(H,29,31). The Balaban J connectivity index is 1.53. The van der Waals surface area contributed by atoms with E-state index in [0.29, 0.717) is 32.3 Å². The van der Waals surface area contributed by atoms with E-state index in [4.69, 9.17) is 21.1 Å². The third-order valence-electron chi connectivity index (χ3n) is 5.07. The average Bonchev–Trinajstić information content (AvgIpc) is 2.89. The molecular formula is C25H21ClN4O5S. The first-order chi connectivity index (χ1) is 17.4. The number of thioether (sulfide) groups is 1. The lowest BCUT2D eigenvalue weighted by Crippen LogP contribution is -2.24. The molecule has 0 bridgehead atoms. The van der Waals surface area contributed by atoms with Crippen molar-refractivity contribution < 1.29 is 19.4 Å². The van der Waals surface area contributed by atoms with Crippen molar-refractivity contribution in [2.24, 2.45) is 5.10 Å². The molecule has 0 unspecified atom stereocenters. The van der Waals surface area contributed by atoms with Gasteiger partial charge in [-0.2, -0.15) is 5.10 Å². The highest BCUT2D eigenvalue weighted by Crippen LogP contribution is 2.36. The first-order valence-corrected chi connectivity index (χ1v) is 11.9. The zero-order chi connectivity index (χ0) is 25.7. The summed E-state index contributed by atoms with van der Waals surface area (Å²) in [7, 11) is 2.83. The van der Waals surface area contributed by atoms with Crippen molar-refractivity contribution in [1.29, 1.82) is 0 Å². The third kappa shape index (κ3) is 5.45. The second-order valence-electron chi connectivity index (χ2n) is 7.38. The zero-order valence-electron chi connectivity index (χ0n) is 19.3. The Labute approximate surface area is 215 Å². The van der Waals surface area contributed by atoms with Crippen molar-refractivity contribution in [3.05, 3.63) is 81.6 Å². The minimum atomic E-state index is -0.404. The van der Waals surface area contributed by atoms with E-state index in [0.717, 1.165) is 11.8 Å². The van der Waals surface area contributed by atoms with Crippen LogP contribution in [0.5, 0.6) is 17.2 Å². The van der Waals surface area contributed by atoms with Gasteiger partial charge in [-0.25, -0.2) is 10.4 Å². The quantitative estimate of drug-likeness (QED) is 0.155. The summed E-state index contributed by atoms with van der Waals surface area (Å²) in [5, 5.41) is 15.3. The highest BCUT2D eigenvalue weighted by molar-refractivity contribution is 7.99. The van der Waals surface area contributed by atoms with Gasteiger partial charge < -0.3 is 14.6 Å². The zero-order valence-corrected chi connectivity index (χ0v) is 20.8. The number of hydrogen-bond donors (Lipinski definition) is 2. The lowest BCUT2D eigenvalue weighted by Gasteiger charge is -2.13. The van der Waals surface area contributed by atoms with Crippen LogP contribution in [0.1, 0.15) is 5.56 Å². The molecule has 0 aliphatic rings. The number of hydrazone groups is 1. The van der Waals surface area contributed by atoms with Gasteiger partial charge in [-0.3, -0.25) is 14.2 Å². The molecule has 2 N–H and O–H groups in total. The smallest absolute Gasteiger partial charge is 0.266 e. The monoisotopic (exact) mass is 524 g/mol. The molecule has 0 fully saturated rings. The van der Waals surface area contributed by atoms with Crippen LogP contribution in [-0.2, 0) is 4.79 Å². The Morgan fingerprint density at radius 2 is 1.81 bits per heavy atom. The fourth-order valence-corrected chi connectivity index (χ4v) is 4.29. The molecule has 1 amide bonds. The van der Waals surface area contributed by atoms with Gasteiger partial charge in [0, 0.05) is 10.6 Å². The number of carbonyl (C=O) groups is 1. The fourth-order valence-electron chi connectivity index (χ4n) is 3.36. The SMILES string of the molecule is COc1cc(C=NNC(=O)CSc2nc3ccccc3c(=O)n2-c2ccc(Cl)cc2)cc(OC)c1O. The third-order valence-corrected chi connectivity index (χ3v) is 6.26. The number of ether oxygens (including phenoxy) is 2. The molecule has 4 aromatic rings. The predicted octanol–water partition coefficient (Wildman–Crippen LogP) is 4.00. The number of benzene rings is 3. The van der Waals surface area contributed by atoms with Crippen LogP contribution in [-0.4, -0.2) is 46.8 Å². The van der Waals surface area contributed by atoms with E-state index in [1.807, 2.05) is 0 Å². The highest BCUT2D eigenvalue weighted by Gasteiger charge is 2.15. The van der Waals surface area contributed by atoms with E-state index in [1.165, 1.54) is 25.0 Å². The number of halogens is 1. The van der Waals surface area contributed by atoms with Crippen molar-refractivity contribution in [3.8, 4) is 22.9 Å². The molecule has 0 radical (unpaired) electrons. The van der Waals surface area contributed by atoms with Gasteiger partial charge >= 0.3 is 0 Å². The molecule has 11 heteroatoms. The summed E-state index contributed by atoms with van der Waals surface area (Å²) in [5.74, 6) is -0.163. The van der Waals surface area contributed by atoms with Crippen molar-refractivity contribution in [1.82, 2.24) is 15.0 Å². The maximum Gasteiger partial charge on any atom is 0.266 e. The number of fused-ring (bicyclic) bond motifs is 1. The topological polar surface area (TPSA) is 115 Å². The Morgan fingerprint density at radius 1 is 1.14 bits per heavy atom. The van der Waals surface area contributed by atoms with Gasteiger partial charge in [-0.1, -0.05) is 35.5 Å². The minimum Gasteiger partial charge on any atom is -0.502 e. The molecule has 3 aromatic carbocycles. The van der Waals surface area contributed by atoms with Crippen molar-refractivity contribution in [3.63, 3.8) is 0 Å². The van der Waals surface area contributed by atoms with Crippen LogP contribution in [0, 0.1) is 0 Å². The van der Waals surface area contributed by atoms with Gasteiger partial charge in [0.05, 0.1) is 42.8 Å². The summed E-state index contributed by atoms with van der Waals surface area (Å²) in [6.45, 7) is 0. The van der Waals surface area contributed by atoms with Crippen LogP contribution in [0.25, 0.3) is 16.6 Å². The van der Waals surface area contributed by atoms with Gasteiger partial charge in [-0.15, -0.1) is 0 Å². The van der Waals surface area contributed by atoms with Crippen LogP contribution >= 0.6 is 23.4 Å². The number of phenols is 1. The molecule has 184 valence electrons. The van der Waals surface area contributed by atoms with E-state index in [2.05, 4.69) is 15.5 Å². The van der Waals surface area contributed by atoms with Crippen LogP contribution in [0.2, 0.25) is 5.02 Å².